The third kappa shape index (κ3) is 6.26. The zero-order valence-corrected chi connectivity index (χ0v) is 11.5. The zero-order valence-electron chi connectivity index (χ0n) is 10.7. The molecule has 0 aliphatic rings. The molecule has 0 bridgehead atoms. The molecule has 0 aliphatic carbocycles. The first-order valence-corrected chi connectivity index (χ1v) is 7.18. The first-order valence-electron chi connectivity index (χ1n) is 5.79. The third-order valence-electron chi connectivity index (χ3n) is 2.28. The van der Waals surface area contributed by atoms with Crippen LogP contribution in [0.1, 0.15) is 15.9 Å². The van der Waals surface area contributed by atoms with E-state index in [0.29, 0.717) is 12.1 Å². The Kier molecular flexibility index (Phi) is 6.99. The lowest BCUT2D eigenvalue weighted by Crippen LogP contribution is -2.27. The van der Waals surface area contributed by atoms with E-state index in [0.717, 1.165) is 5.75 Å². The summed E-state index contributed by atoms with van der Waals surface area (Å²) in [5.41, 5.74) is 1.76. The van der Waals surface area contributed by atoms with Crippen LogP contribution in [0.4, 0.5) is 0 Å². The summed E-state index contributed by atoms with van der Waals surface area (Å²) in [7, 11) is 0. The minimum Gasteiger partial charge on any atom is -0.480 e. The first kappa shape index (κ1) is 15.5. The molecule has 104 valence electrons. The van der Waals surface area contributed by atoms with Crippen molar-refractivity contribution in [3.8, 4) is 0 Å². The molecular formula is C13H17NO4S. The van der Waals surface area contributed by atoms with Crippen LogP contribution in [-0.2, 0) is 15.3 Å². The molecule has 0 saturated heterocycles. The Morgan fingerprint density at radius 3 is 2.58 bits per heavy atom. The van der Waals surface area contributed by atoms with Crippen molar-refractivity contribution in [3.05, 3.63) is 35.4 Å². The molecule has 0 heterocycles. The number of amides is 1. The number of rotatable bonds is 8. The fourth-order valence-corrected chi connectivity index (χ4v) is 1.94. The van der Waals surface area contributed by atoms with Crippen molar-refractivity contribution >= 4 is 23.6 Å². The van der Waals surface area contributed by atoms with E-state index in [9.17, 15) is 9.59 Å². The number of carbonyl (C=O) groups is 2. The average molecular weight is 283 g/mol. The van der Waals surface area contributed by atoms with E-state index in [1.807, 2.05) is 18.4 Å². The smallest absolute Gasteiger partial charge is 0.329 e. The number of benzene rings is 1. The maximum Gasteiger partial charge on any atom is 0.329 e. The van der Waals surface area contributed by atoms with E-state index in [-0.39, 0.29) is 19.1 Å². The first-order chi connectivity index (χ1) is 9.13. The van der Waals surface area contributed by atoms with Crippen molar-refractivity contribution in [2.45, 2.75) is 5.75 Å². The molecule has 6 heteroatoms. The molecule has 0 aromatic heterocycles. The number of thioether (sulfide) groups is 1. The SMILES string of the molecule is CSCc1ccc(C(=O)NCCOCC(=O)O)cc1. The van der Waals surface area contributed by atoms with Crippen LogP contribution in [-0.4, -0.2) is 43.0 Å². The van der Waals surface area contributed by atoms with Crippen molar-refractivity contribution in [2.75, 3.05) is 26.0 Å². The van der Waals surface area contributed by atoms with Gasteiger partial charge in [-0.05, 0) is 24.0 Å². The highest BCUT2D eigenvalue weighted by atomic mass is 32.2. The molecule has 0 saturated carbocycles. The summed E-state index contributed by atoms with van der Waals surface area (Å²) >= 11 is 1.73. The molecule has 0 aliphatic heterocycles. The molecule has 0 radical (unpaired) electrons. The molecule has 1 amide bonds. The Labute approximate surface area is 116 Å². The second-order valence-corrected chi connectivity index (χ2v) is 4.70. The van der Waals surface area contributed by atoms with E-state index in [4.69, 9.17) is 9.84 Å². The second kappa shape index (κ2) is 8.55. The summed E-state index contributed by atoms with van der Waals surface area (Å²) in [5.74, 6) is -0.282. The van der Waals surface area contributed by atoms with E-state index < -0.39 is 5.97 Å². The van der Waals surface area contributed by atoms with Crippen LogP contribution in [0.15, 0.2) is 24.3 Å². The summed E-state index contributed by atoms with van der Waals surface area (Å²) in [6, 6.07) is 7.40. The highest BCUT2D eigenvalue weighted by Crippen LogP contribution is 2.10. The molecule has 0 fully saturated rings. The van der Waals surface area contributed by atoms with E-state index in [1.54, 1.807) is 23.9 Å². The monoisotopic (exact) mass is 283 g/mol. The van der Waals surface area contributed by atoms with Crippen LogP contribution in [0, 0.1) is 0 Å². The zero-order chi connectivity index (χ0) is 14.1. The van der Waals surface area contributed by atoms with Gasteiger partial charge < -0.3 is 15.2 Å². The largest absolute Gasteiger partial charge is 0.480 e. The van der Waals surface area contributed by atoms with E-state index in [2.05, 4.69) is 5.32 Å². The minimum absolute atomic E-state index is 0.183. The van der Waals surface area contributed by atoms with Crippen LogP contribution in [0.2, 0.25) is 0 Å². The van der Waals surface area contributed by atoms with Crippen LogP contribution < -0.4 is 5.32 Å². The predicted molar refractivity (Wildman–Crippen MR) is 74.4 cm³/mol. The summed E-state index contributed by atoms with van der Waals surface area (Å²) < 4.78 is 4.82. The van der Waals surface area contributed by atoms with Crippen LogP contribution in [0.3, 0.4) is 0 Å². The number of hydrogen-bond acceptors (Lipinski definition) is 4. The van der Waals surface area contributed by atoms with Gasteiger partial charge in [0.1, 0.15) is 6.61 Å². The number of carboxylic acid groups (broad SMARTS) is 1. The standard InChI is InChI=1S/C13H17NO4S/c1-19-9-10-2-4-11(5-3-10)13(17)14-6-7-18-8-12(15)16/h2-5H,6-9H2,1H3,(H,14,17)(H,15,16). The van der Waals surface area contributed by atoms with Gasteiger partial charge in [-0.15, -0.1) is 0 Å². The molecule has 2 N–H and O–H groups in total. The van der Waals surface area contributed by atoms with Crippen molar-refractivity contribution in [2.24, 2.45) is 0 Å². The second-order valence-electron chi connectivity index (χ2n) is 3.83. The van der Waals surface area contributed by atoms with Gasteiger partial charge in [-0.1, -0.05) is 12.1 Å². The molecule has 1 rings (SSSR count). The van der Waals surface area contributed by atoms with Gasteiger partial charge in [0, 0.05) is 17.9 Å². The molecule has 1 aromatic rings. The summed E-state index contributed by atoms with van der Waals surface area (Å²) in [6.45, 7) is 0.126. The molecule has 0 unspecified atom stereocenters. The number of carbonyl (C=O) groups excluding carboxylic acids is 1. The quantitative estimate of drug-likeness (QED) is 0.705. The molecule has 5 nitrogen and oxygen atoms in total. The summed E-state index contributed by atoms with van der Waals surface area (Å²) in [4.78, 5) is 21.9. The van der Waals surface area contributed by atoms with Gasteiger partial charge in [-0.2, -0.15) is 11.8 Å². The maximum absolute atomic E-state index is 11.7. The van der Waals surface area contributed by atoms with Crippen molar-refractivity contribution in [1.29, 1.82) is 0 Å². The summed E-state index contributed by atoms with van der Waals surface area (Å²) in [5, 5.41) is 11.0. The third-order valence-corrected chi connectivity index (χ3v) is 2.91. The minimum atomic E-state index is -1.02. The Morgan fingerprint density at radius 2 is 2.00 bits per heavy atom. The Morgan fingerprint density at radius 1 is 1.32 bits per heavy atom. The van der Waals surface area contributed by atoms with Gasteiger partial charge in [0.15, 0.2) is 0 Å². The van der Waals surface area contributed by atoms with Gasteiger partial charge in [0.05, 0.1) is 6.61 Å². The van der Waals surface area contributed by atoms with Crippen molar-refractivity contribution < 1.29 is 19.4 Å². The molecule has 0 spiro atoms. The molecule has 19 heavy (non-hydrogen) atoms. The number of aliphatic carboxylic acids is 1. The fourth-order valence-electron chi connectivity index (χ4n) is 1.42. The van der Waals surface area contributed by atoms with Gasteiger partial charge >= 0.3 is 5.97 Å². The van der Waals surface area contributed by atoms with Crippen LogP contribution in [0.5, 0.6) is 0 Å². The van der Waals surface area contributed by atoms with E-state index >= 15 is 0 Å². The lowest BCUT2D eigenvalue weighted by atomic mass is 10.1. The van der Waals surface area contributed by atoms with Crippen molar-refractivity contribution in [3.63, 3.8) is 0 Å². The van der Waals surface area contributed by atoms with Gasteiger partial charge in [0.25, 0.3) is 5.91 Å². The Balaban J connectivity index is 2.30. The topological polar surface area (TPSA) is 75.6 Å². The molecule has 1 aromatic carbocycles. The van der Waals surface area contributed by atoms with Gasteiger partial charge in [-0.3, -0.25) is 4.79 Å². The predicted octanol–water partition coefficient (Wildman–Crippen LogP) is 1.38. The lowest BCUT2D eigenvalue weighted by molar-refractivity contribution is -0.142. The number of ether oxygens (including phenoxy) is 1. The van der Waals surface area contributed by atoms with E-state index in [1.165, 1.54) is 5.56 Å². The Bertz CT molecular complexity index is 419. The van der Waals surface area contributed by atoms with Crippen LogP contribution in [0.25, 0.3) is 0 Å². The number of hydrogen-bond donors (Lipinski definition) is 2. The van der Waals surface area contributed by atoms with Gasteiger partial charge in [0.2, 0.25) is 0 Å². The summed E-state index contributed by atoms with van der Waals surface area (Å²) in [6.07, 6.45) is 2.03. The Hall–Kier alpha value is -1.53. The number of nitrogens with one attached hydrogen (secondary N) is 1. The normalized spacial score (nSPS) is 10.2. The highest BCUT2D eigenvalue weighted by Gasteiger charge is 2.04. The lowest BCUT2D eigenvalue weighted by Gasteiger charge is -2.06. The molecular weight excluding hydrogens is 266 g/mol. The number of carboxylic acids is 1. The fraction of sp³-hybridized carbons (Fsp3) is 0.385. The average Bonchev–Trinajstić information content (AvgIpc) is 2.39. The molecule has 0 atom stereocenters. The maximum atomic E-state index is 11.7. The van der Waals surface area contributed by atoms with Crippen LogP contribution >= 0.6 is 11.8 Å². The highest BCUT2D eigenvalue weighted by molar-refractivity contribution is 7.97. The van der Waals surface area contributed by atoms with Gasteiger partial charge in [-0.25, -0.2) is 4.79 Å². The van der Waals surface area contributed by atoms with Crippen molar-refractivity contribution in [1.82, 2.24) is 5.32 Å².